The molecule has 0 saturated heterocycles. The smallest absolute Gasteiger partial charge is 0.262 e. The number of amides is 1. The van der Waals surface area contributed by atoms with Crippen molar-refractivity contribution in [3.05, 3.63) is 46.7 Å². The predicted molar refractivity (Wildman–Crippen MR) is 78.4 cm³/mol. The van der Waals surface area contributed by atoms with Crippen molar-refractivity contribution in [1.29, 1.82) is 0 Å². The van der Waals surface area contributed by atoms with Gasteiger partial charge in [-0.1, -0.05) is 37.3 Å². The maximum Gasteiger partial charge on any atom is 0.262 e. The Morgan fingerprint density at radius 3 is 2.68 bits per heavy atom. The SMILES string of the molecule is CCC(CO)NC(=O)c1sccc1-c1ccccc1. The summed E-state index contributed by atoms with van der Waals surface area (Å²) in [7, 11) is 0. The number of aliphatic hydroxyl groups is 1. The minimum atomic E-state index is -0.182. The number of aliphatic hydroxyl groups excluding tert-OH is 1. The van der Waals surface area contributed by atoms with Crippen molar-refractivity contribution in [3.8, 4) is 11.1 Å². The number of hydrogen-bond acceptors (Lipinski definition) is 3. The Morgan fingerprint density at radius 2 is 2.05 bits per heavy atom. The molecule has 2 N–H and O–H groups in total. The van der Waals surface area contributed by atoms with Crippen LogP contribution in [0.4, 0.5) is 0 Å². The van der Waals surface area contributed by atoms with Crippen molar-refractivity contribution >= 4 is 17.2 Å². The molecule has 0 aliphatic rings. The Labute approximate surface area is 116 Å². The molecule has 0 radical (unpaired) electrons. The molecule has 0 spiro atoms. The van der Waals surface area contributed by atoms with Crippen molar-refractivity contribution in [2.24, 2.45) is 0 Å². The van der Waals surface area contributed by atoms with Crippen LogP contribution in [0.2, 0.25) is 0 Å². The van der Waals surface area contributed by atoms with Crippen molar-refractivity contribution in [3.63, 3.8) is 0 Å². The minimum absolute atomic E-state index is 0.0334. The van der Waals surface area contributed by atoms with Crippen LogP contribution in [0.25, 0.3) is 11.1 Å². The fourth-order valence-corrected chi connectivity index (χ4v) is 2.68. The van der Waals surface area contributed by atoms with Gasteiger partial charge in [0.05, 0.1) is 17.5 Å². The molecule has 0 aliphatic heterocycles. The van der Waals surface area contributed by atoms with E-state index in [1.54, 1.807) is 0 Å². The highest BCUT2D eigenvalue weighted by Crippen LogP contribution is 2.28. The molecular weight excluding hydrogens is 258 g/mol. The third-order valence-corrected chi connectivity index (χ3v) is 3.92. The van der Waals surface area contributed by atoms with Crippen LogP contribution in [0.5, 0.6) is 0 Å². The average Bonchev–Trinajstić information content (AvgIpc) is 2.95. The first kappa shape index (κ1) is 13.8. The van der Waals surface area contributed by atoms with E-state index >= 15 is 0 Å². The maximum atomic E-state index is 12.2. The minimum Gasteiger partial charge on any atom is -0.394 e. The van der Waals surface area contributed by atoms with Crippen LogP contribution < -0.4 is 5.32 Å². The lowest BCUT2D eigenvalue weighted by atomic mass is 10.1. The van der Waals surface area contributed by atoms with E-state index in [1.807, 2.05) is 48.7 Å². The number of benzene rings is 1. The molecule has 0 aliphatic carbocycles. The summed E-state index contributed by atoms with van der Waals surface area (Å²) in [6.45, 7) is 1.90. The zero-order chi connectivity index (χ0) is 13.7. The van der Waals surface area contributed by atoms with Crippen molar-refractivity contribution in [2.75, 3.05) is 6.61 Å². The van der Waals surface area contributed by atoms with Crippen LogP contribution in [0.15, 0.2) is 41.8 Å². The van der Waals surface area contributed by atoms with E-state index in [-0.39, 0.29) is 18.6 Å². The van der Waals surface area contributed by atoms with Crippen LogP contribution >= 0.6 is 11.3 Å². The monoisotopic (exact) mass is 275 g/mol. The summed E-state index contributed by atoms with van der Waals surface area (Å²) in [6.07, 6.45) is 0.717. The molecule has 2 aromatic rings. The number of nitrogens with one attached hydrogen (secondary N) is 1. The molecule has 0 fully saturated rings. The Kier molecular flexibility index (Phi) is 4.71. The Hall–Kier alpha value is -1.65. The van der Waals surface area contributed by atoms with E-state index in [1.165, 1.54) is 11.3 Å². The quantitative estimate of drug-likeness (QED) is 0.881. The molecule has 4 heteroatoms. The first-order valence-corrected chi connectivity index (χ1v) is 7.18. The van der Waals surface area contributed by atoms with Crippen molar-refractivity contribution < 1.29 is 9.90 Å². The molecule has 1 aromatic heterocycles. The topological polar surface area (TPSA) is 49.3 Å². The van der Waals surface area contributed by atoms with E-state index < -0.39 is 0 Å². The highest BCUT2D eigenvalue weighted by Gasteiger charge is 2.17. The summed E-state index contributed by atoms with van der Waals surface area (Å²) in [5, 5.41) is 13.9. The van der Waals surface area contributed by atoms with Gasteiger partial charge >= 0.3 is 0 Å². The number of carbonyl (C=O) groups is 1. The van der Waals surface area contributed by atoms with Crippen LogP contribution in [0, 0.1) is 0 Å². The van der Waals surface area contributed by atoms with Crippen LogP contribution in [-0.4, -0.2) is 23.7 Å². The predicted octanol–water partition coefficient (Wildman–Crippen LogP) is 2.92. The second-order valence-corrected chi connectivity index (χ2v) is 5.21. The van der Waals surface area contributed by atoms with Gasteiger partial charge in [0.25, 0.3) is 5.91 Å². The van der Waals surface area contributed by atoms with Gasteiger partial charge in [0.2, 0.25) is 0 Å². The molecule has 1 atom stereocenters. The molecule has 0 bridgehead atoms. The molecule has 2 rings (SSSR count). The third-order valence-electron chi connectivity index (χ3n) is 3.00. The van der Waals surface area contributed by atoms with E-state index in [0.29, 0.717) is 11.3 Å². The van der Waals surface area contributed by atoms with E-state index in [9.17, 15) is 4.79 Å². The third kappa shape index (κ3) is 3.22. The van der Waals surface area contributed by atoms with Gasteiger partial charge in [-0.2, -0.15) is 0 Å². The number of thiophene rings is 1. The molecule has 1 heterocycles. The van der Waals surface area contributed by atoms with Gasteiger partial charge in [0.15, 0.2) is 0 Å². The molecule has 1 aromatic carbocycles. The van der Waals surface area contributed by atoms with Gasteiger partial charge in [0, 0.05) is 5.56 Å². The zero-order valence-corrected chi connectivity index (χ0v) is 11.6. The molecule has 1 unspecified atom stereocenters. The summed E-state index contributed by atoms with van der Waals surface area (Å²) in [6, 6.07) is 11.6. The van der Waals surface area contributed by atoms with Crippen molar-refractivity contribution in [1.82, 2.24) is 5.32 Å². The van der Waals surface area contributed by atoms with Crippen molar-refractivity contribution in [2.45, 2.75) is 19.4 Å². The highest BCUT2D eigenvalue weighted by molar-refractivity contribution is 7.12. The largest absolute Gasteiger partial charge is 0.394 e. The Morgan fingerprint density at radius 1 is 1.32 bits per heavy atom. The van der Waals surface area contributed by atoms with Gasteiger partial charge in [0.1, 0.15) is 0 Å². The second-order valence-electron chi connectivity index (χ2n) is 4.29. The van der Waals surface area contributed by atoms with Crippen LogP contribution in [0.1, 0.15) is 23.0 Å². The highest BCUT2D eigenvalue weighted by atomic mass is 32.1. The molecular formula is C15H17NO2S. The van der Waals surface area contributed by atoms with E-state index in [2.05, 4.69) is 5.32 Å². The Balaban J connectivity index is 2.23. The first-order valence-electron chi connectivity index (χ1n) is 6.31. The number of rotatable bonds is 5. The lowest BCUT2D eigenvalue weighted by Crippen LogP contribution is -2.36. The molecule has 19 heavy (non-hydrogen) atoms. The Bertz CT molecular complexity index is 532. The van der Waals surface area contributed by atoms with Gasteiger partial charge in [-0.15, -0.1) is 11.3 Å². The van der Waals surface area contributed by atoms with E-state index in [0.717, 1.165) is 11.1 Å². The summed E-state index contributed by atoms with van der Waals surface area (Å²) >= 11 is 1.42. The summed E-state index contributed by atoms with van der Waals surface area (Å²) in [5.41, 5.74) is 1.97. The number of hydrogen-bond donors (Lipinski definition) is 2. The molecule has 0 saturated carbocycles. The van der Waals surface area contributed by atoms with Gasteiger partial charge in [-0.3, -0.25) is 4.79 Å². The summed E-state index contributed by atoms with van der Waals surface area (Å²) < 4.78 is 0. The van der Waals surface area contributed by atoms with Gasteiger partial charge < -0.3 is 10.4 Å². The fraction of sp³-hybridized carbons (Fsp3) is 0.267. The molecule has 1 amide bonds. The fourth-order valence-electron chi connectivity index (χ4n) is 1.86. The lowest BCUT2D eigenvalue weighted by Gasteiger charge is -2.14. The standard InChI is InChI=1S/C15H17NO2S/c1-2-12(10-17)16-15(18)14-13(8-9-19-14)11-6-4-3-5-7-11/h3-9,12,17H,2,10H2,1H3,(H,16,18). The number of carbonyl (C=O) groups excluding carboxylic acids is 1. The molecule has 3 nitrogen and oxygen atoms in total. The summed E-state index contributed by atoms with van der Waals surface area (Å²) in [5.74, 6) is -0.116. The van der Waals surface area contributed by atoms with Gasteiger partial charge in [-0.05, 0) is 23.4 Å². The summed E-state index contributed by atoms with van der Waals surface area (Å²) in [4.78, 5) is 12.9. The average molecular weight is 275 g/mol. The van der Waals surface area contributed by atoms with Gasteiger partial charge in [-0.25, -0.2) is 0 Å². The van der Waals surface area contributed by atoms with Crippen LogP contribution in [-0.2, 0) is 0 Å². The van der Waals surface area contributed by atoms with E-state index in [4.69, 9.17) is 5.11 Å². The first-order chi connectivity index (χ1) is 9.26. The molecule has 100 valence electrons. The zero-order valence-electron chi connectivity index (χ0n) is 10.8. The maximum absolute atomic E-state index is 12.2. The normalized spacial score (nSPS) is 12.1. The second kappa shape index (κ2) is 6.50. The lowest BCUT2D eigenvalue weighted by molar-refractivity contribution is 0.0919. The van der Waals surface area contributed by atoms with Crippen LogP contribution in [0.3, 0.4) is 0 Å².